The minimum Gasteiger partial charge on any atom is -0.487 e. The molecule has 1 saturated carbocycles. The zero-order valence-corrected chi connectivity index (χ0v) is 19.4. The molecule has 1 heterocycles. The summed E-state index contributed by atoms with van der Waals surface area (Å²) in [6, 6.07) is 12.0. The molecular weight excluding hydrogens is 460 g/mol. The van der Waals surface area contributed by atoms with Gasteiger partial charge in [0.1, 0.15) is 23.3 Å². The number of fused-ring (bicyclic) bond motifs is 1. The molecule has 184 valence electrons. The molecule has 7 heteroatoms. The normalized spacial score (nSPS) is 19.4. The van der Waals surface area contributed by atoms with Crippen LogP contribution in [0.5, 0.6) is 5.75 Å². The standard InChI is InChI=1S/C28H26F4O3/c1-15(2)20-13-22-25(21(33)14-27(35-22)11-12-27)23(16-5-9-19(29)10-6-16)24(20)26(34)17-3-7-18(8-4-17)28(30,31)32/h3-10,13,15,21,26,33-34H,11-12,14H2,1-2H3/t21-,26+/m0/s1. The van der Waals surface area contributed by atoms with Crippen molar-refractivity contribution in [3.63, 3.8) is 0 Å². The Kier molecular flexibility index (Phi) is 5.68. The van der Waals surface area contributed by atoms with E-state index in [0.717, 1.165) is 30.5 Å². The fourth-order valence-electron chi connectivity index (χ4n) is 5.02. The van der Waals surface area contributed by atoms with Gasteiger partial charge in [-0.05, 0) is 76.9 Å². The Labute approximate surface area is 201 Å². The van der Waals surface area contributed by atoms with Gasteiger partial charge in [0.05, 0.1) is 11.7 Å². The zero-order chi connectivity index (χ0) is 25.1. The quantitative estimate of drug-likeness (QED) is 0.388. The van der Waals surface area contributed by atoms with Gasteiger partial charge in [0.2, 0.25) is 0 Å². The highest BCUT2D eigenvalue weighted by molar-refractivity contribution is 5.78. The van der Waals surface area contributed by atoms with Gasteiger partial charge in [-0.25, -0.2) is 4.39 Å². The first-order valence-electron chi connectivity index (χ1n) is 11.7. The Morgan fingerprint density at radius 3 is 2.17 bits per heavy atom. The molecule has 0 bridgehead atoms. The first-order valence-corrected chi connectivity index (χ1v) is 11.7. The molecule has 0 radical (unpaired) electrons. The van der Waals surface area contributed by atoms with Gasteiger partial charge in [-0.2, -0.15) is 13.2 Å². The Hall–Kier alpha value is -2.90. The molecule has 3 nitrogen and oxygen atoms in total. The lowest BCUT2D eigenvalue weighted by molar-refractivity contribution is -0.137. The van der Waals surface area contributed by atoms with Gasteiger partial charge in [-0.15, -0.1) is 0 Å². The second-order valence-corrected chi connectivity index (χ2v) is 9.86. The largest absolute Gasteiger partial charge is 0.487 e. The van der Waals surface area contributed by atoms with Crippen LogP contribution in [0.25, 0.3) is 11.1 Å². The van der Waals surface area contributed by atoms with Crippen LogP contribution in [-0.2, 0) is 6.18 Å². The molecule has 5 rings (SSSR count). The van der Waals surface area contributed by atoms with Crippen molar-refractivity contribution in [1.82, 2.24) is 0 Å². The van der Waals surface area contributed by atoms with Crippen LogP contribution >= 0.6 is 0 Å². The predicted octanol–water partition coefficient (Wildman–Crippen LogP) is 7.07. The van der Waals surface area contributed by atoms with E-state index in [-0.39, 0.29) is 17.1 Å². The summed E-state index contributed by atoms with van der Waals surface area (Å²) in [5, 5.41) is 22.7. The van der Waals surface area contributed by atoms with E-state index in [2.05, 4.69) is 0 Å². The summed E-state index contributed by atoms with van der Waals surface area (Å²) in [7, 11) is 0. The van der Waals surface area contributed by atoms with Gasteiger partial charge >= 0.3 is 6.18 Å². The maximum atomic E-state index is 13.8. The maximum Gasteiger partial charge on any atom is 0.416 e. The number of hydrogen-bond acceptors (Lipinski definition) is 3. The predicted molar refractivity (Wildman–Crippen MR) is 124 cm³/mol. The van der Waals surface area contributed by atoms with Crippen LogP contribution in [0.3, 0.4) is 0 Å². The molecule has 1 aliphatic carbocycles. The van der Waals surface area contributed by atoms with Crippen molar-refractivity contribution in [3.05, 3.63) is 88.2 Å². The lowest BCUT2D eigenvalue weighted by Gasteiger charge is -2.35. The van der Waals surface area contributed by atoms with Crippen molar-refractivity contribution in [2.45, 2.75) is 63.0 Å². The first kappa shape index (κ1) is 23.8. The van der Waals surface area contributed by atoms with Gasteiger partial charge in [0, 0.05) is 12.0 Å². The Balaban J connectivity index is 1.74. The van der Waals surface area contributed by atoms with Crippen molar-refractivity contribution < 1.29 is 32.5 Å². The number of alkyl halides is 3. The minimum absolute atomic E-state index is 0.0728. The molecular formula is C28H26F4O3. The summed E-state index contributed by atoms with van der Waals surface area (Å²) >= 11 is 0. The first-order chi connectivity index (χ1) is 16.5. The van der Waals surface area contributed by atoms with Crippen molar-refractivity contribution in [1.29, 1.82) is 0 Å². The molecule has 2 atom stereocenters. The second-order valence-electron chi connectivity index (χ2n) is 9.86. The summed E-state index contributed by atoms with van der Waals surface area (Å²) in [6.45, 7) is 3.90. The highest BCUT2D eigenvalue weighted by Gasteiger charge is 2.51. The van der Waals surface area contributed by atoms with Gasteiger partial charge in [0.15, 0.2) is 0 Å². The fraction of sp³-hybridized carbons (Fsp3) is 0.357. The number of halogens is 4. The zero-order valence-electron chi connectivity index (χ0n) is 19.4. The van der Waals surface area contributed by atoms with E-state index in [4.69, 9.17) is 4.74 Å². The highest BCUT2D eigenvalue weighted by atomic mass is 19.4. The summed E-state index contributed by atoms with van der Waals surface area (Å²) in [6.07, 6.45) is -4.52. The third-order valence-corrected chi connectivity index (χ3v) is 7.02. The molecule has 0 aromatic heterocycles. The minimum atomic E-state index is -4.49. The van der Waals surface area contributed by atoms with Gasteiger partial charge in [-0.3, -0.25) is 0 Å². The van der Waals surface area contributed by atoms with E-state index in [1.165, 1.54) is 24.3 Å². The lowest BCUT2D eigenvalue weighted by atomic mass is 9.79. The fourth-order valence-corrected chi connectivity index (χ4v) is 5.02. The molecule has 2 N–H and O–H groups in total. The van der Waals surface area contributed by atoms with E-state index in [1.54, 1.807) is 12.1 Å². The average molecular weight is 487 g/mol. The summed E-state index contributed by atoms with van der Waals surface area (Å²) in [5.74, 6) is 0.0327. The number of aliphatic hydroxyl groups excluding tert-OH is 2. The average Bonchev–Trinajstić information content (AvgIpc) is 3.55. The number of aliphatic hydroxyl groups is 2. The van der Waals surface area contributed by atoms with Crippen LogP contribution in [0.15, 0.2) is 54.6 Å². The topological polar surface area (TPSA) is 49.7 Å². The monoisotopic (exact) mass is 486 g/mol. The highest BCUT2D eigenvalue weighted by Crippen LogP contribution is 2.56. The van der Waals surface area contributed by atoms with E-state index in [9.17, 15) is 27.8 Å². The second kappa shape index (κ2) is 8.35. The Morgan fingerprint density at radius 1 is 1.00 bits per heavy atom. The van der Waals surface area contributed by atoms with Crippen LogP contribution in [0, 0.1) is 5.82 Å². The molecule has 0 amide bonds. The third kappa shape index (κ3) is 4.32. The van der Waals surface area contributed by atoms with E-state index >= 15 is 0 Å². The summed E-state index contributed by atoms with van der Waals surface area (Å²) in [4.78, 5) is 0. The molecule has 1 aliphatic heterocycles. The van der Waals surface area contributed by atoms with Crippen LogP contribution in [0.2, 0.25) is 0 Å². The van der Waals surface area contributed by atoms with Crippen molar-refractivity contribution in [2.75, 3.05) is 0 Å². The molecule has 3 aromatic carbocycles. The summed E-state index contributed by atoms with van der Waals surface area (Å²) < 4.78 is 59.4. The number of benzene rings is 3. The molecule has 3 aromatic rings. The molecule has 35 heavy (non-hydrogen) atoms. The Morgan fingerprint density at radius 2 is 1.63 bits per heavy atom. The lowest BCUT2D eigenvalue weighted by Crippen LogP contribution is -2.28. The van der Waals surface area contributed by atoms with E-state index in [0.29, 0.717) is 34.4 Å². The molecule has 0 saturated heterocycles. The number of ether oxygens (including phenoxy) is 1. The molecule has 0 unspecified atom stereocenters. The third-order valence-electron chi connectivity index (χ3n) is 7.02. The number of hydrogen-bond donors (Lipinski definition) is 2. The van der Waals surface area contributed by atoms with Crippen LogP contribution < -0.4 is 4.74 Å². The van der Waals surface area contributed by atoms with Gasteiger partial charge in [0.25, 0.3) is 0 Å². The van der Waals surface area contributed by atoms with E-state index in [1.807, 2.05) is 19.9 Å². The molecule has 2 aliphatic rings. The van der Waals surface area contributed by atoms with Crippen molar-refractivity contribution >= 4 is 0 Å². The molecule has 1 spiro atoms. The van der Waals surface area contributed by atoms with Crippen molar-refractivity contribution in [2.24, 2.45) is 0 Å². The van der Waals surface area contributed by atoms with Gasteiger partial charge in [-0.1, -0.05) is 38.1 Å². The van der Waals surface area contributed by atoms with Crippen LogP contribution in [-0.4, -0.2) is 15.8 Å². The Bertz CT molecular complexity index is 1240. The smallest absolute Gasteiger partial charge is 0.416 e. The van der Waals surface area contributed by atoms with Gasteiger partial charge < -0.3 is 14.9 Å². The summed E-state index contributed by atoms with van der Waals surface area (Å²) in [5.41, 5.74) is 1.95. The molecule has 1 fully saturated rings. The number of rotatable bonds is 4. The van der Waals surface area contributed by atoms with Crippen LogP contribution in [0.4, 0.5) is 17.6 Å². The van der Waals surface area contributed by atoms with Crippen molar-refractivity contribution in [3.8, 4) is 16.9 Å². The van der Waals surface area contributed by atoms with Crippen LogP contribution in [0.1, 0.15) is 79.1 Å². The SMILES string of the molecule is CC(C)c1cc2c(c(-c3ccc(F)cc3)c1[C@H](O)c1ccc(C(F)(F)F)cc1)[C@@H](O)CC1(CC1)O2. The van der Waals surface area contributed by atoms with E-state index < -0.39 is 29.8 Å². The maximum absolute atomic E-state index is 13.8.